The van der Waals surface area contributed by atoms with Gasteiger partial charge in [-0.15, -0.1) is 11.3 Å². The Balaban J connectivity index is 1.33. The van der Waals surface area contributed by atoms with Gasteiger partial charge in [0.15, 0.2) is 11.7 Å². The fraction of sp³-hybridized carbons (Fsp3) is 0.200. The van der Waals surface area contributed by atoms with Crippen LogP contribution in [-0.4, -0.2) is 28.5 Å². The Morgan fingerprint density at radius 1 is 0.969 bits per heavy atom. The average Bonchev–Trinajstić information content (AvgIpc) is 3.24. The van der Waals surface area contributed by atoms with Gasteiger partial charge in [-0.25, -0.2) is 14.8 Å². The van der Waals surface area contributed by atoms with Crippen molar-refractivity contribution in [3.63, 3.8) is 0 Å². The molecule has 5 rings (SSSR count). The summed E-state index contributed by atoms with van der Waals surface area (Å²) in [4.78, 5) is 35.7. The molecule has 32 heavy (non-hydrogen) atoms. The lowest BCUT2D eigenvalue weighted by molar-refractivity contribution is -0.119. The number of hydrogen-bond acceptors (Lipinski definition) is 6. The van der Waals surface area contributed by atoms with Gasteiger partial charge in [-0.2, -0.15) is 0 Å². The van der Waals surface area contributed by atoms with Crippen molar-refractivity contribution in [3.8, 4) is 11.3 Å². The van der Waals surface area contributed by atoms with E-state index in [0.29, 0.717) is 27.3 Å². The normalized spacial score (nSPS) is 12.9. The van der Waals surface area contributed by atoms with Crippen molar-refractivity contribution in [2.45, 2.75) is 25.7 Å². The van der Waals surface area contributed by atoms with Crippen molar-refractivity contribution in [3.05, 3.63) is 76.8 Å². The molecule has 6 nitrogen and oxygen atoms in total. The van der Waals surface area contributed by atoms with Crippen LogP contribution in [-0.2, 0) is 22.4 Å². The predicted molar refractivity (Wildman–Crippen MR) is 125 cm³/mol. The summed E-state index contributed by atoms with van der Waals surface area (Å²) in [6, 6.07) is 18.8. The number of esters is 1. The van der Waals surface area contributed by atoms with Gasteiger partial charge in [0.2, 0.25) is 0 Å². The first kappa shape index (κ1) is 20.3. The highest BCUT2D eigenvalue weighted by Crippen LogP contribution is 2.29. The van der Waals surface area contributed by atoms with E-state index in [1.54, 1.807) is 6.07 Å². The quantitative estimate of drug-likeness (QED) is 0.438. The van der Waals surface area contributed by atoms with E-state index in [4.69, 9.17) is 4.74 Å². The van der Waals surface area contributed by atoms with Crippen LogP contribution in [0.2, 0.25) is 0 Å². The molecule has 0 fully saturated rings. The molecule has 0 radical (unpaired) electrons. The van der Waals surface area contributed by atoms with E-state index in [-0.39, 0.29) is 6.61 Å². The SMILES string of the molecule is O=C(COC(=O)c1cc(-c2ccccc2)nc2ccccc12)Nc1nc2c(s1)CCCC2. The number of pyridine rings is 1. The second kappa shape index (κ2) is 8.88. The fourth-order valence-corrected chi connectivity index (χ4v) is 4.94. The zero-order valence-electron chi connectivity index (χ0n) is 17.3. The van der Waals surface area contributed by atoms with Crippen LogP contribution >= 0.6 is 11.3 Å². The summed E-state index contributed by atoms with van der Waals surface area (Å²) in [5, 5.41) is 4.01. The molecule has 2 aromatic carbocycles. The lowest BCUT2D eigenvalue weighted by atomic mass is 10.0. The van der Waals surface area contributed by atoms with Crippen LogP contribution in [0.5, 0.6) is 0 Å². The fourth-order valence-electron chi connectivity index (χ4n) is 3.87. The molecule has 0 unspecified atom stereocenters. The molecule has 0 aliphatic heterocycles. The lowest BCUT2D eigenvalue weighted by Gasteiger charge is -2.10. The van der Waals surface area contributed by atoms with Gasteiger partial charge in [0.05, 0.1) is 22.5 Å². The highest BCUT2D eigenvalue weighted by Gasteiger charge is 2.19. The molecule has 0 saturated carbocycles. The predicted octanol–water partition coefficient (Wildman–Crippen LogP) is 5.03. The van der Waals surface area contributed by atoms with Gasteiger partial charge in [0.1, 0.15) is 0 Å². The summed E-state index contributed by atoms with van der Waals surface area (Å²) in [7, 11) is 0. The van der Waals surface area contributed by atoms with Gasteiger partial charge < -0.3 is 4.74 Å². The standard InChI is InChI=1S/C25H21N3O3S/c29-23(28-25-27-20-12-6-7-13-22(20)32-25)15-31-24(30)18-14-21(16-8-2-1-3-9-16)26-19-11-5-4-10-17(18)19/h1-5,8-11,14H,6-7,12-13,15H2,(H,27,28,29). The number of carbonyl (C=O) groups is 2. The molecule has 0 spiro atoms. The Labute approximate surface area is 189 Å². The molecule has 0 saturated heterocycles. The largest absolute Gasteiger partial charge is 0.452 e. The second-order valence-electron chi connectivity index (χ2n) is 7.66. The van der Waals surface area contributed by atoms with Gasteiger partial charge in [-0.05, 0) is 37.8 Å². The maximum Gasteiger partial charge on any atom is 0.339 e. The monoisotopic (exact) mass is 443 g/mol. The zero-order chi connectivity index (χ0) is 21.9. The van der Waals surface area contributed by atoms with Crippen molar-refractivity contribution in [1.29, 1.82) is 0 Å². The van der Waals surface area contributed by atoms with Crippen molar-refractivity contribution < 1.29 is 14.3 Å². The Bertz CT molecular complexity index is 1280. The third-order valence-electron chi connectivity index (χ3n) is 5.43. The van der Waals surface area contributed by atoms with Crippen LogP contribution < -0.4 is 5.32 Å². The van der Waals surface area contributed by atoms with E-state index in [1.807, 2.05) is 54.6 Å². The molecule has 2 aromatic heterocycles. The highest BCUT2D eigenvalue weighted by atomic mass is 32.1. The molecule has 2 heterocycles. The minimum absolute atomic E-state index is 0.375. The van der Waals surface area contributed by atoms with E-state index in [2.05, 4.69) is 15.3 Å². The number of nitrogens with zero attached hydrogens (tertiary/aromatic N) is 2. The summed E-state index contributed by atoms with van der Waals surface area (Å²) < 4.78 is 5.36. The number of nitrogens with one attached hydrogen (secondary N) is 1. The van der Waals surface area contributed by atoms with Gasteiger partial charge in [-0.1, -0.05) is 48.5 Å². The maximum absolute atomic E-state index is 12.9. The number of benzene rings is 2. The van der Waals surface area contributed by atoms with Crippen molar-refractivity contribution in [1.82, 2.24) is 9.97 Å². The molecule has 1 amide bonds. The van der Waals surface area contributed by atoms with Gasteiger partial charge in [0.25, 0.3) is 5.91 Å². The number of rotatable bonds is 5. The van der Waals surface area contributed by atoms with Crippen molar-refractivity contribution >= 4 is 39.2 Å². The number of hydrogen-bond donors (Lipinski definition) is 1. The topological polar surface area (TPSA) is 81.2 Å². The van der Waals surface area contributed by atoms with E-state index in [9.17, 15) is 9.59 Å². The van der Waals surface area contributed by atoms with E-state index in [0.717, 1.165) is 36.9 Å². The van der Waals surface area contributed by atoms with Gasteiger partial charge in [-0.3, -0.25) is 10.1 Å². The maximum atomic E-state index is 12.9. The summed E-state index contributed by atoms with van der Waals surface area (Å²) in [6.07, 6.45) is 4.25. The molecular weight excluding hydrogens is 422 g/mol. The summed E-state index contributed by atoms with van der Waals surface area (Å²) in [5.41, 5.74) is 3.72. The third-order valence-corrected chi connectivity index (χ3v) is 6.50. The molecule has 4 aromatic rings. The number of amides is 1. The molecule has 1 N–H and O–H groups in total. The zero-order valence-corrected chi connectivity index (χ0v) is 18.2. The highest BCUT2D eigenvalue weighted by molar-refractivity contribution is 7.15. The Morgan fingerprint density at radius 2 is 1.75 bits per heavy atom. The van der Waals surface area contributed by atoms with Gasteiger partial charge >= 0.3 is 5.97 Å². The molecule has 160 valence electrons. The van der Waals surface area contributed by atoms with Crippen molar-refractivity contribution in [2.75, 3.05) is 11.9 Å². The van der Waals surface area contributed by atoms with E-state index >= 15 is 0 Å². The second-order valence-corrected chi connectivity index (χ2v) is 8.74. The number of carbonyl (C=O) groups excluding carboxylic acids is 2. The van der Waals surface area contributed by atoms with Crippen LogP contribution in [0.15, 0.2) is 60.7 Å². The van der Waals surface area contributed by atoms with Crippen LogP contribution in [0.4, 0.5) is 5.13 Å². The summed E-state index contributed by atoms with van der Waals surface area (Å²) in [6.45, 7) is -0.375. The first-order valence-electron chi connectivity index (χ1n) is 10.6. The average molecular weight is 444 g/mol. The number of aromatic nitrogens is 2. The van der Waals surface area contributed by atoms with Crippen LogP contribution in [0.25, 0.3) is 22.2 Å². The van der Waals surface area contributed by atoms with E-state index in [1.165, 1.54) is 16.2 Å². The molecule has 1 aliphatic rings. The van der Waals surface area contributed by atoms with Crippen LogP contribution in [0, 0.1) is 0 Å². The molecule has 0 atom stereocenters. The summed E-state index contributed by atoms with van der Waals surface area (Å²) >= 11 is 1.50. The Morgan fingerprint density at radius 3 is 2.59 bits per heavy atom. The van der Waals surface area contributed by atoms with Crippen LogP contribution in [0.3, 0.4) is 0 Å². The lowest BCUT2D eigenvalue weighted by Crippen LogP contribution is -2.21. The minimum Gasteiger partial charge on any atom is -0.452 e. The third kappa shape index (κ3) is 4.24. The number of aryl methyl sites for hydroxylation is 2. The van der Waals surface area contributed by atoms with Crippen molar-refractivity contribution in [2.24, 2.45) is 0 Å². The number of thiazole rings is 1. The number of anilines is 1. The number of ether oxygens (including phenoxy) is 1. The smallest absolute Gasteiger partial charge is 0.339 e. The Kier molecular flexibility index (Phi) is 5.64. The molecule has 1 aliphatic carbocycles. The number of fused-ring (bicyclic) bond motifs is 2. The molecule has 0 bridgehead atoms. The van der Waals surface area contributed by atoms with E-state index < -0.39 is 11.9 Å². The molecule has 7 heteroatoms. The number of para-hydroxylation sites is 1. The Hall–Kier alpha value is -3.58. The summed E-state index contributed by atoms with van der Waals surface area (Å²) in [5.74, 6) is -0.958. The van der Waals surface area contributed by atoms with Crippen LogP contribution in [0.1, 0.15) is 33.8 Å². The minimum atomic E-state index is -0.561. The first-order valence-corrected chi connectivity index (χ1v) is 11.4. The molecular formula is C25H21N3O3S. The first-order chi connectivity index (χ1) is 15.7. The van der Waals surface area contributed by atoms with Gasteiger partial charge in [0, 0.05) is 15.8 Å².